The van der Waals surface area contributed by atoms with Crippen LogP contribution in [0.2, 0.25) is 0 Å². The summed E-state index contributed by atoms with van der Waals surface area (Å²) in [6.45, 7) is 9.31. The summed E-state index contributed by atoms with van der Waals surface area (Å²) in [7, 11) is 1.68. The van der Waals surface area contributed by atoms with Crippen LogP contribution in [0.25, 0.3) is 0 Å². The molecular formula is C13H25NO3. The van der Waals surface area contributed by atoms with E-state index in [2.05, 4.69) is 18.7 Å². The first-order chi connectivity index (χ1) is 8.01. The first-order valence-electron chi connectivity index (χ1n) is 6.14. The van der Waals surface area contributed by atoms with Crippen LogP contribution in [0.5, 0.6) is 0 Å². The fraction of sp³-hybridized carbons (Fsp3) is 0.769. The lowest BCUT2D eigenvalue weighted by Crippen LogP contribution is -2.31. The molecule has 100 valence electrons. The maximum atomic E-state index is 10.9. The lowest BCUT2D eigenvalue weighted by molar-refractivity contribution is -0.132. The molecule has 0 bridgehead atoms. The topological polar surface area (TPSA) is 49.8 Å². The highest BCUT2D eigenvalue weighted by atomic mass is 16.5. The number of nitrogens with zero attached hydrogens (tertiary/aromatic N) is 1. The van der Waals surface area contributed by atoms with Crippen molar-refractivity contribution in [2.75, 3.05) is 33.4 Å². The van der Waals surface area contributed by atoms with Crippen molar-refractivity contribution in [2.24, 2.45) is 5.92 Å². The van der Waals surface area contributed by atoms with Crippen LogP contribution >= 0.6 is 0 Å². The number of aliphatic carboxylic acids is 1. The van der Waals surface area contributed by atoms with Gasteiger partial charge in [0.2, 0.25) is 0 Å². The van der Waals surface area contributed by atoms with Crippen molar-refractivity contribution in [3.8, 4) is 0 Å². The highest BCUT2D eigenvalue weighted by Crippen LogP contribution is 2.04. The van der Waals surface area contributed by atoms with Gasteiger partial charge in [0.05, 0.1) is 6.61 Å². The molecule has 0 aromatic heterocycles. The van der Waals surface area contributed by atoms with Crippen LogP contribution in [0, 0.1) is 5.92 Å². The molecule has 0 fully saturated rings. The molecule has 0 aromatic rings. The van der Waals surface area contributed by atoms with E-state index in [9.17, 15) is 4.79 Å². The summed E-state index contributed by atoms with van der Waals surface area (Å²) < 4.78 is 5.06. The highest BCUT2D eigenvalue weighted by Gasteiger charge is 2.08. The van der Waals surface area contributed by atoms with Gasteiger partial charge in [0.1, 0.15) is 0 Å². The van der Waals surface area contributed by atoms with Crippen LogP contribution in [0.15, 0.2) is 11.6 Å². The molecular weight excluding hydrogens is 218 g/mol. The Hall–Kier alpha value is -0.870. The van der Waals surface area contributed by atoms with E-state index < -0.39 is 5.97 Å². The van der Waals surface area contributed by atoms with Gasteiger partial charge in [-0.1, -0.05) is 26.8 Å². The minimum Gasteiger partial charge on any atom is -0.478 e. The second kappa shape index (κ2) is 9.19. The Kier molecular flexibility index (Phi) is 8.72. The van der Waals surface area contributed by atoms with Crippen molar-refractivity contribution in [3.05, 3.63) is 11.6 Å². The van der Waals surface area contributed by atoms with Crippen LogP contribution < -0.4 is 0 Å². The minimum atomic E-state index is -0.816. The van der Waals surface area contributed by atoms with E-state index in [-0.39, 0.29) is 0 Å². The lowest BCUT2D eigenvalue weighted by atomic mass is 10.1. The third-order valence-electron chi connectivity index (χ3n) is 2.49. The van der Waals surface area contributed by atoms with Crippen molar-refractivity contribution in [3.63, 3.8) is 0 Å². The Morgan fingerprint density at radius 3 is 2.53 bits per heavy atom. The van der Waals surface area contributed by atoms with E-state index in [4.69, 9.17) is 9.84 Å². The van der Waals surface area contributed by atoms with E-state index in [0.717, 1.165) is 13.1 Å². The van der Waals surface area contributed by atoms with Crippen molar-refractivity contribution in [2.45, 2.75) is 27.2 Å². The molecule has 0 amide bonds. The van der Waals surface area contributed by atoms with Gasteiger partial charge < -0.3 is 9.84 Å². The van der Waals surface area contributed by atoms with Crippen LogP contribution in [0.4, 0.5) is 0 Å². The molecule has 1 N–H and O–H groups in total. The third-order valence-corrected chi connectivity index (χ3v) is 2.49. The Bertz CT molecular complexity index is 249. The molecule has 17 heavy (non-hydrogen) atoms. The molecule has 0 aromatic carbocycles. The summed E-state index contributed by atoms with van der Waals surface area (Å²) in [5, 5.41) is 8.93. The number of rotatable bonds is 9. The van der Waals surface area contributed by atoms with Gasteiger partial charge in [0.15, 0.2) is 0 Å². The fourth-order valence-electron chi connectivity index (χ4n) is 1.62. The zero-order valence-electron chi connectivity index (χ0n) is 11.4. The highest BCUT2D eigenvalue weighted by molar-refractivity contribution is 5.86. The lowest BCUT2D eigenvalue weighted by Gasteiger charge is -2.22. The molecule has 0 saturated carbocycles. The van der Waals surface area contributed by atoms with Crippen LogP contribution in [0.1, 0.15) is 27.2 Å². The van der Waals surface area contributed by atoms with Crippen LogP contribution in [-0.4, -0.2) is 49.3 Å². The number of carbonyl (C=O) groups is 1. The fourth-order valence-corrected chi connectivity index (χ4v) is 1.62. The van der Waals surface area contributed by atoms with Gasteiger partial charge in [-0.25, -0.2) is 4.79 Å². The van der Waals surface area contributed by atoms with Crippen LogP contribution in [-0.2, 0) is 9.53 Å². The van der Waals surface area contributed by atoms with E-state index >= 15 is 0 Å². The first-order valence-corrected chi connectivity index (χ1v) is 6.14. The summed E-state index contributed by atoms with van der Waals surface area (Å²) >= 11 is 0. The summed E-state index contributed by atoms with van der Waals surface area (Å²) in [5.74, 6) is -0.251. The van der Waals surface area contributed by atoms with E-state index in [1.54, 1.807) is 13.2 Å². The zero-order chi connectivity index (χ0) is 13.3. The van der Waals surface area contributed by atoms with Gasteiger partial charge >= 0.3 is 5.97 Å². The minimum absolute atomic E-state index is 0.483. The average molecular weight is 243 g/mol. The number of hydrogen-bond donors (Lipinski definition) is 1. The molecule has 0 aliphatic heterocycles. The van der Waals surface area contributed by atoms with E-state index in [1.165, 1.54) is 0 Å². The maximum absolute atomic E-state index is 10.9. The Morgan fingerprint density at radius 2 is 2.12 bits per heavy atom. The molecule has 4 nitrogen and oxygen atoms in total. The van der Waals surface area contributed by atoms with Crippen molar-refractivity contribution < 1.29 is 14.6 Å². The van der Waals surface area contributed by atoms with E-state index in [1.807, 2.05) is 6.92 Å². The average Bonchev–Trinajstić information content (AvgIpc) is 2.25. The smallest absolute Gasteiger partial charge is 0.331 e. The van der Waals surface area contributed by atoms with Crippen molar-refractivity contribution >= 4 is 5.97 Å². The van der Waals surface area contributed by atoms with Crippen molar-refractivity contribution in [1.82, 2.24) is 4.90 Å². The second-order valence-corrected chi connectivity index (χ2v) is 4.53. The normalized spacial score (nSPS) is 12.5. The Morgan fingerprint density at radius 1 is 1.47 bits per heavy atom. The van der Waals surface area contributed by atoms with Crippen molar-refractivity contribution in [1.29, 1.82) is 0 Å². The molecule has 0 aliphatic rings. The second-order valence-electron chi connectivity index (χ2n) is 4.53. The van der Waals surface area contributed by atoms with Gasteiger partial charge in [-0.3, -0.25) is 4.90 Å². The number of methoxy groups -OCH3 is 1. The number of hydrogen-bond acceptors (Lipinski definition) is 3. The van der Waals surface area contributed by atoms with Gasteiger partial charge in [-0.15, -0.1) is 0 Å². The molecule has 0 aliphatic carbocycles. The standard InChI is InChI=1S/C13H25NO3/c1-5-12(13(15)16)6-7-14(8-9-17-4)10-11(2)3/h6,11H,5,7-10H2,1-4H3,(H,15,16). The largest absolute Gasteiger partial charge is 0.478 e. The summed E-state index contributed by atoms with van der Waals surface area (Å²) in [4.78, 5) is 13.1. The predicted molar refractivity (Wildman–Crippen MR) is 69.2 cm³/mol. The number of carboxylic acids is 1. The number of carboxylic acid groups (broad SMARTS) is 1. The molecule has 0 heterocycles. The van der Waals surface area contributed by atoms with Gasteiger partial charge in [-0.05, 0) is 12.3 Å². The molecule has 0 spiro atoms. The molecule has 0 unspecified atom stereocenters. The zero-order valence-corrected chi connectivity index (χ0v) is 11.4. The predicted octanol–water partition coefficient (Wildman–Crippen LogP) is 2.01. The molecule has 4 heteroatoms. The summed E-state index contributed by atoms with van der Waals surface area (Å²) in [6.07, 6.45) is 2.37. The van der Waals surface area contributed by atoms with E-state index in [0.29, 0.717) is 31.1 Å². The molecule has 0 atom stereocenters. The summed E-state index contributed by atoms with van der Waals surface area (Å²) in [6, 6.07) is 0. The summed E-state index contributed by atoms with van der Waals surface area (Å²) in [5.41, 5.74) is 0.483. The Labute approximate surface area is 104 Å². The monoisotopic (exact) mass is 243 g/mol. The molecule has 0 rings (SSSR count). The van der Waals surface area contributed by atoms with Gasteiger partial charge in [0, 0.05) is 32.3 Å². The maximum Gasteiger partial charge on any atom is 0.331 e. The van der Waals surface area contributed by atoms with Gasteiger partial charge in [0.25, 0.3) is 0 Å². The SMILES string of the molecule is CCC(=CCN(CCOC)CC(C)C)C(=O)O. The van der Waals surface area contributed by atoms with Crippen LogP contribution in [0.3, 0.4) is 0 Å². The quantitative estimate of drug-likeness (QED) is 0.629. The molecule has 0 radical (unpaired) electrons. The first kappa shape index (κ1) is 16.1. The Balaban J connectivity index is 4.35. The molecule has 0 saturated heterocycles. The number of ether oxygens (including phenoxy) is 1. The third kappa shape index (κ3) is 7.94. The van der Waals surface area contributed by atoms with Gasteiger partial charge in [-0.2, -0.15) is 0 Å².